The van der Waals surface area contributed by atoms with E-state index in [-0.39, 0.29) is 16.2 Å². The van der Waals surface area contributed by atoms with Crippen LogP contribution >= 0.6 is 0 Å². The number of fused-ring (bicyclic) bond motifs is 20. The quantitative estimate of drug-likeness (QED) is 0.162. The molecule has 4 aromatic carbocycles. The first-order chi connectivity index (χ1) is 26.5. The molecule has 0 atom stereocenters. The largest absolute Gasteiger partial charge is 0.492 e. The van der Waals surface area contributed by atoms with E-state index in [4.69, 9.17) is 40.4 Å². The number of H-pyrrole nitrogens is 2. The molecule has 2 aliphatic heterocycles. The zero-order valence-corrected chi connectivity index (χ0v) is 33.5. The summed E-state index contributed by atoms with van der Waals surface area (Å²) in [6.45, 7) is 20.7. The standard InChI is InChI=1S/C46H47N9O/c1-44(2,3)24-10-14-28-32(20-24)40-49-36(28)48-39-31-17-13-27(56-19-18-47)23-35(31)43(54-39)55-42-34-22-26(46(7,8)9)12-16-30(34)38(53-42)52-41-33-21-25(45(4,5)6)11-15-29(33)37(50-40)51-41/h10-17,20-23H,18-19,47H2,1-9H3,(H2,48,49,50,51,52,53,54,55). The van der Waals surface area contributed by atoms with E-state index in [9.17, 15) is 0 Å². The highest BCUT2D eigenvalue weighted by Crippen LogP contribution is 2.40. The van der Waals surface area contributed by atoms with Crippen LogP contribution in [0.25, 0.3) is 89.7 Å². The van der Waals surface area contributed by atoms with Crippen molar-refractivity contribution in [3.63, 3.8) is 0 Å². The van der Waals surface area contributed by atoms with Gasteiger partial charge in [0.15, 0.2) is 23.3 Å². The Morgan fingerprint density at radius 1 is 0.446 bits per heavy atom. The zero-order chi connectivity index (χ0) is 39.3. The highest BCUT2D eigenvalue weighted by atomic mass is 16.5. The number of nitrogens with two attached hydrogens (primary N) is 1. The predicted molar refractivity (Wildman–Crippen MR) is 227 cm³/mol. The van der Waals surface area contributed by atoms with Crippen LogP contribution in [0.2, 0.25) is 0 Å². The molecule has 10 heteroatoms. The average Bonchev–Trinajstić information content (AvgIpc) is 3.87. The lowest BCUT2D eigenvalue weighted by molar-refractivity contribution is 0.328. The van der Waals surface area contributed by atoms with Gasteiger partial charge in [0.25, 0.3) is 0 Å². The van der Waals surface area contributed by atoms with Gasteiger partial charge in [0.2, 0.25) is 0 Å². The third-order valence-corrected chi connectivity index (χ3v) is 10.8. The minimum atomic E-state index is -0.0871. The summed E-state index contributed by atoms with van der Waals surface area (Å²) in [5.41, 5.74) is 15.3. The van der Waals surface area contributed by atoms with Crippen molar-refractivity contribution in [1.29, 1.82) is 0 Å². The van der Waals surface area contributed by atoms with Gasteiger partial charge in [-0.3, -0.25) is 0 Å². The van der Waals surface area contributed by atoms with Gasteiger partial charge in [-0.1, -0.05) is 98.7 Å². The summed E-state index contributed by atoms with van der Waals surface area (Å²) in [5, 5.41) is 3.76. The van der Waals surface area contributed by atoms with E-state index in [0.29, 0.717) is 64.8 Å². The van der Waals surface area contributed by atoms with Crippen molar-refractivity contribution in [3.8, 4) is 51.3 Å². The molecule has 5 heterocycles. The minimum Gasteiger partial charge on any atom is -0.492 e. The first-order valence-electron chi connectivity index (χ1n) is 19.3. The fraction of sp³-hybridized carbons (Fsp3) is 0.304. The lowest BCUT2D eigenvalue weighted by Gasteiger charge is -2.19. The predicted octanol–water partition coefficient (Wildman–Crippen LogP) is 10.1. The molecule has 0 saturated carbocycles. The Bertz CT molecular complexity index is 2920. The van der Waals surface area contributed by atoms with Crippen LogP contribution in [-0.4, -0.2) is 53.0 Å². The fourth-order valence-corrected chi connectivity index (χ4v) is 7.44. The third-order valence-electron chi connectivity index (χ3n) is 10.8. The van der Waals surface area contributed by atoms with E-state index in [0.717, 1.165) is 43.8 Å². The van der Waals surface area contributed by atoms with E-state index in [2.05, 4.69) is 127 Å². The van der Waals surface area contributed by atoms with Crippen LogP contribution < -0.4 is 10.5 Å². The molecule has 282 valence electrons. The number of hydrogen-bond donors (Lipinski definition) is 3. The second kappa shape index (κ2) is 12.5. The zero-order valence-electron chi connectivity index (χ0n) is 33.5. The van der Waals surface area contributed by atoms with Gasteiger partial charge < -0.3 is 20.4 Å². The van der Waals surface area contributed by atoms with E-state index < -0.39 is 0 Å². The second-order valence-corrected chi connectivity index (χ2v) is 18.0. The first-order valence-corrected chi connectivity index (χ1v) is 19.3. The summed E-state index contributed by atoms with van der Waals surface area (Å²) in [7, 11) is 0. The Morgan fingerprint density at radius 2 is 0.839 bits per heavy atom. The number of benzene rings is 4. The Kier molecular flexibility index (Phi) is 7.97. The summed E-state index contributed by atoms with van der Waals surface area (Å²) in [6.07, 6.45) is 0. The summed E-state index contributed by atoms with van der Waals surface area (Å²) < 4.78 is 5.98. The summed E-state index contributed by atoms with van der Waals surface area (Å²) in [6, 6.07) is 25.4. The van der Waals surface area contributed by atoms with Crippen molar-refractivity contribution in [2.45, 2.75) is 78.6 Å². The first kappa shape index (κ1) is 35.7. The highest BCUT2D eigenvalue weighted by Gasteiger charge is 2.26. The molecule has 10 nitrogen and oxygen atoms in total. The monoisotopic (exact) mass is 741 g/mol. The lowest BCUT2D eigenvalue weighted by Crippen LogP contribution is -2.10. The van der Waals surface area contributed by atoms with Crippen LogP contribution in [0.1, 0.15) is 79.0 Å². The number of hydrogen-bond acceptors (Lipinski definition) is 8. The Labute approximate surface area is 326 Å². The van der Waals surface area contributed by atoms with Gasteiger partial charge in [0, 0.05) is 50.3 Å². The average molecular weight is 742 g/mol. The molecular formula is C46H47N9O. The Morgan fingerprint density at radius 3 is 1.30 bits per heavy atom. The smallest absolute Gasteiger partial charge is 0.164 e. The maximum absolute atomic E-state index is 5.98. The van der Waals surface area contributed by atoms with Crippen molar-refractivity contribution >= 4 is 44.1 Å². The van der Waals surface area contributed by atoms with Gasteiger partial charge in [-0.15, -0.1) is 0 Å². The maximum Gasteiger partial charge on any atom is 0.164 e. The SMILES string of the molecule is CC(C)(C)c1ccc2c(c1)-c1nc-2nc2[nH]c(nc3nc(nc4[nH]c(n1)c1ccc(C(C)(C)C)cc41)-c1cc(OCCN)ccc1-3)c1ccc(C(C)(C)C)cc21. The fourth-order valence-electron chi connectivity index (χ4n) is 7.44. The maximum atomic E-state index is 5.98. The molecule has 0 aliphatic carbocycles. The van der Waals surface area contributed by atoms with Crippen LogP contribution in [0.4, 0.5) is 0 Å². The van der Waals surface area contributed by atoms with Crippen molar-refractivity contribution in [2.24, 2.45) is 5.73 Å². The van der Waals surface area contributed by atoms with Crippen LogP contribution in [0.5, 0.6) is 5.75 Å². The molecule has 0 fully saturated rings. The Hall–Kier alpha value is -6.00. The van der Waals surface area contributed by atoms with Crippen molar-refractivity contribution in [1.82, 2.24) is 39.9 Å². The van der Waals surface area contributed by atoms with E-state index in [1.165, 1.54) is 16.7 Å². The lowest BCUT2D eigenvalue weighted by atomic mass is 9.85. The molecule has 3 aromatic heterocycles. The van der Waals surface area contributed by atoms with Gasteiger partial charge >= 0.3 is 0 Å². The van der Waals surface area contributed by atoms with E-state index >= 15 is 0 Å². The van der Waals surface area contributed by atoms with Gasteiger partial charge in [-0.25, -0.2) is 29.9 Å². The summed E-state index contributed by atoms with van der Waals surface area (Å²) in [4.78, 5) is 38.5. The van der Waals surface area contributed by atoms with Gasteiger partial charge in [-0.05, 0) is 69.3 Å². The molecule has 4 N–H and O–H groups in total. The molecule has 8 bridgehead atoms. The molecule has 9 rings (SSSR count). The summed E-state index contributed by atoms with van der Waals surface area (Å²) in [5.74, 6) is 2.91. The molecule has 0 saturated heterocycles. The van der Waals surface area contributed by atoms with Crippen LogP contribution in [0.3, 0.4) is 0 Å². The number of nitrogens with one attached hydrogen (secondary N) is 2. The van der Waals surface area contributed by atoms with E-state index in [1.807, 2.05) is 18.2 Å². The molecule has 0 spiro atoms. The molecule has 0 unspecified atom stereocenters. The molecule has 0 radical (unpaired) electrons. The normalized spacial score (nSPS) is 13.0. The van der Waals surface area contributed by atoms with Gasteiger partial charge in [-0.2, -0.15) is 0 Å². The number of aromatic amines is 2. The summed E-state index contributed by atoms with van der Waals surface area (Å²) >= 11 is 0. The van der Waals surface area contributed by atoms with Crippen molar-refractivity contribution < 1.29 is 4.74 Å². The van der Waals surface area contributed by atoms with Crippen LogP contribution in [0.15, 0.2) is 72.8 Å². The van der Waals surface area contributed by atoms with Crippen molar-refractivity contribution in [2.75, 3.05) is 13.2 Å². The number of nitrogens with zero attached hydrogens (tertiary/aromatic N) is 6. The van der Waals surface area contributed by atoms with Crippen molar-refractivity contribution in [3.05, 3.63) is 89.5 Å². The Balaban J connectivity index is 1.45. The molecule has 0 amide bonds. The minimum absolute atomic E-state index is 0.0788. The highest BCUT2D eigenvalue weighted by molar-refractivity contribution is 6.07. The number of rotatable bonds is 3. The topological polar surface area (TPSA) is 144 Å². The molecule has 2 aliphatic rings. The van der Waals surface area contributed by atoms with Crippen LogP contribution in [0, 0.1) is 0 Å². The molecule has 7 aromatic rings. The van der Waals surface area contributed by atoms with Gasteiger partial charge in [0.05, 0.1) is 0 Å². The number of aromatic nitrogens is 8. The van der Waals surface area contributed by atoms with E-state index in [1.54, 1.807) is 0 Å². The van der Waals surface area contributed by atoms with Crippen LogP contribution in [-0.2, 0) is 16.2 Å². The van der Waals surface area contributed by atoms with Gasteiger partial charge in [0.1, 0.15) is 34.9 Å². The second-order valence-electron chi connectivity index (χ2n) is 18.0. The molecular weight excluding hydrogens is 695 g/mol. The number of ether oxygens (including phenoxy) is 1. The molecule has 56 heavy (non-hydrogen) atoms. The third kappa shape index (κ3) is 6.09.